The highest BCUT2D eigenvalue weighted by molar-refractivity contribution is 6.00. The lowest BCUT2D eigenvalue weighted by atomic mass is 10.0. The van der Waals surface area contributed by atoms with Crippen molar-refractivity contribution in [3.63, 3.8) is 0 Å². The summed E-state index contributed by atoms with van der Waals surface area (Å²) in [5.41, 5.74) is 5.98. The molecule has 2 heterocycles. The Hall–Kier alpha value is -5.05. The Bertz CT molecular complexity index is 1550. The highest BCUT2D eigenvalue weighted by Gasteiger charge is 2.18. The van der Waals surface area contributed by atoms with Gasteiger partial charge < -0.3 is 15.5 Å². The molecule has 0 saturated carbocycles. The highest BCUT2D eigenvalue weighted by atomic mass is 16.2. The van der Waals surface area contributed by atoms with Gasteiger partial charge in [-0.05, 0) is 47.0 Å². The summed E-state index contributed by atoms with van der Waals surface area (Å²) in [6, 6.07) is 29.2. The lowest BCUT2D eigenvalue weighted by Gasteiger charge is -2.27. The maximum absolute atomic E-state index is 13.0. The van der Waals surface area contributed by atoms with Crippen LogP contribution >= 0.6 is 0 Å². The number of benzene rings is 3. The van der Waals surface area contributed by atoms with Crippen LogP contribution in [-0.2, 0) is 6.54 Å². The fourth-order valence-corrected chi connectivity index (χ4v) is 4.49. The number of hydrogen-bond acceptors (Lipinski definition) is 6. The number of nitrogens with zero attached hydrogens (tertiary/aromatic N) is 5. The second kappa shape index (κ2) is 12.2. The molecule has 9 nitrogen and oxygen atoms in total. The number of hydrogen-bond donors (Lipinski definition) is 3. The smallest absolute Gasteiger partial charge is 0.323 e. The van der Waals surface area contributed by atoms with E-state index >= 15 is 0 Å². The lowest BCUT2D eigenvalue weighted by Crippen LogP contribution is -2.28. The number of pyridine rings is 1. The van der Waals surface area contributed by atoms with Gasteiger partial charge in [0.1, 0.15) is 5.82 Å². The maximum atomic E-state index is 13.0. The number of aromatic amines is 1. The monoisotopic (exact) mass is 532 g/mol. The van der Waals surface area contributed by atoms with Crippen molar-refractivity contribution in [1.82, 2.24) is 25.6 Å². The largest absolute Gasteiger partial charge is 0.352 e. The van der Waals surface area contributed by atoms with Crippen LogP contribution in [0.4, 0.5) is 22.0 Å². The van der Waals surface area contributed by atoms with E-state index < -0.39 is 0 Å². The van der Waals surface area contributed by atoms with Crippen LogP contribution in [0.15, 0.2) is 91.0 Å². The summed E-state index contributed by atoms with van der Waals surface area (Å²) in [5, 5.41) is 20.4. The van der Waals surface area contributed by atoms with E-state index in [4.69, 9.17) is 4.98 Å². The average Bonchev–Trinajstić information content (AvgIpc) is 3.49. The van der Waals surface area contributed by atoms with Gasteiger partial charge in [0.15, 0.2) is 5.82 Å². The first-order valence-corrected chi connectivity index (χ1v) is 13.2. The van der Waals surface area contributed by atoms with E-state index in [9.17, 15) is 4.79 Å². The summed E-state index contributed by atoms with van der Waals surface area (Å²) >= 11 is 0. The van der Waals surface area contributed by atoms with E-state index in [1.807, 2.05) is 85.8 Å². The average molecular weight is 533 g/mol. The Morgan fingerprint density at radius 2 is 1.57 bits per heavy atom. The Morgan fingerprint density at radius 3 is 2.27 bits per heavy atom. The summed E-state index contributed by atoms with van der Waals surface area (Å²) in [7, 11) is 0. The summed E-state index contributed by atoms with van der Waals surface area (Å²) in [6.07, 6.45) is 0. The predicted octanol–water partition coefficient (Wildman–Crippen LogP) is 6.54. The molecule has 0 bridgehead atoms. The van der Waals surface area contributed by atoms with Crippen molar-refractivity contribution in [2.45, 2.75) is 27.3 Å². The third kappa shape index (κ3) is 6.68. The van der Waals surface area contributed by atoms with E-state index in [1.165, 1.54) is 5.56 Å². The van der Waals surface area contributed by atoms with Gasteiger partial charge in [-0.2, -0.15) is 0 Å². The molecule has 0 spiro atoms. The van der Waals surface area contributed by atoms with Crippen LogP contribution < -0.4 is 15.5 Å². The summed E-state index contributed by atoms with van der Waals surface area (Å²) in [5.74, 6) is 1.69. The van der Waals surface area contributed by atoms with Gasteiger partial charge in [0.2, 0.25) is 0 Å². The van der Waals surface area contributed by atoms with Gasteiger partial charge in [-0.25, -0.2) is 14.9 Å². The first-order valence-electron chi connectivity index (χ1n) is 13.2. The van der Waals surface area contributed by atoms with Crippen molar-refractivity contribution in [2.75, 3.05) is 22.1 Å². The Morgan fingerprint density at radius 1 is 0.875 bits per heavy atom. The molecule has 3 aromatic carbocycles. The van der Waals surface area contributed by atoms with Crippen LogP contribution in [0.25, 0.3) is 22.6 Å². The standard InChI is InChI=1S/C31H32N8O/c1-21(2)19-39(20-23-9-5-4-6-10-23)29-18-25(33-31(40)32-24-15-13-22(3)14-16-24)17-28(34-29)26-11-7-8-12-27(26)30-35-37-38-36-30/h4-18,21H,19-20H2,1-3H3,(H2,32,33,34,40)(H,35,36,37,38). The number of tetrazole rings is 1. The van der Waals surface area contributed by atoms with Crippen molar-refractivity contribution in [3.8, 4) is 22.6 Å². The maximum Gasteiger partial charge on any atom is 0.323 e. The molecule has 0 unspecified atom stereocenters. The third-order valence-electron chi connectivity index (χ3n) is 6.31. The van der Waals surface area contributed by atoms with Gasteiger partial charge in [-0.15, -0.1) is 5.10 Å². The zero-order valence-corrected chi connectivity index (χ0v) is 22.8. The predicted molar refractivity (Wildman–Crippen MR) is 159 cm³/mol. The molecule has 2 aromatic heterocycles. The number of rotatable bonds is 9. The van der Waals surface area contributed by atoms with Crippen LogP contribution in [-0.4, -0.2) is 38.2 Å². The van der Waals surface area contributed by atoms with E-state index in [1.54, 1.807) is 0 Å². The molecule has 2 amide bonds. The van der Waals surface area contributed by atoms with Gasteiger partial charge in [0, 0.05) is 41.7 Å². The minimum absolute atomic E-state index is 0.335. The molecule has 5 aromatic rings. The molecular weight excluding hydrogens is 500 g/mol. The first kappa shape index (κ1) is 26.6. The van der Waals surface area contributed by atoms with E-state index in [-0.39, 0.29) is 6.03 Å². The lowest BCUT2D eigenvalue weighted by molar-refractivity contribution is 0.262. The summed E-state index contributed by atoms with van der Waals surface area (Å²) < 4.78 is 0. The number of urea groups is 1. The van der Waals surface area contributed by atoms with Crippen molar-refractivity contribution in [1.29, 1.82) is 0 Å². The quantitative estimate of drug-likeness (QED) is 0.199. The Kier molecular flexibility index (Phi) is 8.10. The Labute approximate surface area is 233 Å². The van der Waals surface area contributed by atoms with E-state index in [0.717, 1.165) is 29.1 Å². The first-order chi connectivity index (χ1) is 19.4. The molecule has 202 valence electrons. The zero-order chi connectivity index (χ0) is 27.9. The number of aromatic nitrogens is 5. The third-order valence-corrected chi connectivity index (χ3v) is 6.31. The second-order valence-corrected chi connectivity index (χ2v) is 10.1. The molecule has 0 saturated heterocycles. The van der Waals surface area contributed by atoms with Crippen molar-refractivity contribution in [3.05, 3.63) is 102 Å². The molecule has 9 heteroatoms. The minimum atomic E-state index is -0.335. The molecule has 0 aliphatic carbocycles. The molecule has 3 N–H and O–H groups in total. The molecule has 40 heavy (non-hydrogen) atoms. The molecule has 0 aliphatic heterocycles. The van der Waals surface area contributed by atoms with E-state index in [0.29, 0.717) is 35.4 Å². The fraction of sp³-hybridized carbons (Fsp3) is 0.194. The number of carbonyl (C=O) groups is 1. The molecule has 0 atom stereocenters. The van der Waals surface area contributed by atoms with Gasteiger partial charge >= 0.3 is 6.03 Å². The summed E-state index contributed by atoms with van der Waals surface area (Å²) in [6.45, 7) is 7.84. The number of nitrogens with one attached hydrogen (secondary N) is 3. The fourth-order valence-electron chi connectivity index (χ4n) is 4.49. The van der Waals surface area contributed by atoms with E-state index in [2.05, 4.69) is 62.1 Å². The zero-order valence-electron chi connectivity index (χ0n) is 22.8. The second-order valence-electron chi connectivity index (χ2n) is 10.1. The van der Waals surface area contributed by atoms with Gasteiger partial charge in [0.25, 0.3) is 0 Å². The Balaban J connectivity index is 1.55. The molecule has 0 aliphatic rings. The molecule has 0 fully saturated rings. The topological polar surface area (TPSA) is 112 Å². The molecule has 0 radical (unpaired) electrons. The molecule has 5 rings (SSSR count). The number of H-pyrrole nitrogens is 1. The van der Waals surface area contributed by atoms with Crippen molar-refractivity contribution < 1.29 is 4.79 Å². The van der Waals surface area contributed by atoms with Crippen LogP contribution in [0, 0.1) is 12.8 Å². The summed E-state index contributed by atoms with van der Waals surface area (Å²) in [4.78, 5) is 20.4. The number of aryl methyl sites for hydroxylation is 1. The van der Waals surface area contributed by atoms with Crippen LogP contribution in [0.5, 0.6) is 0 Å². The normalized spacial score (nSPS) is 10.9. The SMILES string of the molecule is Cc1ccc(NC(=O)Nc2cc(-c3ccccc3-c3nnn[nH]3)nc(N(Cc3ccccc3)CC(C)C)c2)cc1. The van der Waals surface area contributed by atoms with Gasteiger partial charge in [0.05, 0.1) is 5.69 Å². The number of amides is 2. The molecular formula is C31H32N8O. The van der Waals surface area contributed by atoms with Gasteiger partial charge in [-0.1, -0.05) is 86.1 Å². The highest BCUT2D eigenvalue weighted by Crippen LogP contribution is 2.33. The van der Waals surface area contributed by atoms with Crippen LogP contribution in [0.2, 0.25) is 0 Å². The van der Waals surface area contributed by atoms with Crippen molar-refractivity contribution in [2.24, 2.45) is 5.92 Å². The van der Waals surface area contributed by atoms with Crippen LogP contribution in [0.3, 0.4) is 0 Å². The van der Waals surface area contributed by atoms with Crippen LogP contribution in [0.1, 0.15) is 25.0 Å². The van der Waals surface area contributed by atoms with Crippen molar-refractivity contribution >= 4 is 23.2 Å². The number of carbonyl (C=O) groups excluding carboxylic acids is 1. The minimum Gasteiger partial charge on any atom is -0.352 e. The van der Waals surface area contributed by atoms with Gasteiger partial charge in [-0.3, -0.25) is 0 Å². The number of anilines is 3.